The van der Waals surface area contributed by atoms with Crippen LogP contribution in [0.2, 0.25) is 0 Å². The van der Waals surface area contributed by atoms with E-state index in [2.05, 4.69) is 0 Å². The maximum atomic E-state index is 11.3. The first-order valence-corrected chi connectivity index (χ1v) is 5.74. The molecule has 0 bridgehead atoms. The van der Waals surface area contributed by atoms with Crippen molar-refractivity contribution in [1.29, 1.82) is 0 Å². The summed E-state index contributed by atoms with van der Waals surface area (Å²) in [4.78, 5) is 13.2. The molecule has 0 radical (unpaired) electrons. The van der Waals surface area contributed by atoms with E-state index in [1.807, 2.05) is 36.2 Å². The molecule has 0 spiro atoms. The molecule has 1 aromatic rings. The summed E-state index contributed by atoms with van der Waals surface area (Å²) in [5, 5.41) is 9.27. The van der Waals surface area contributed by atoms with Crippen molar-refractivity contribution in [3.05, 3.63) is 24.3 Å². The molecule has 1 aliphatic rings. The minimum absolute atomic E-state index is 0.266. The van der Waals surface area contributed by atoms with E-state index >= 15 is 0 Å². The van der Waals surface area contributed by atoms with E-state index in [1.165, 1.54) is 0 Å². The highest BCUT2D eigenvalue weighted by atomic mass is 16.5. The zero-order valence-electron chi connectivity index (χ0n) is 10.5. The van der Waals surface area contributed by atoms with Gasteiger partial charge in [-0.15, -0.1) is 0 Å². The van der Waals surface area contributed by atoms with Crippen LogP contribution >= 0.6 is 0 Å². The van der Waals surface area contributed by atoms with E-state index in [1.54, 1.807) is 7.11 Å². The van der Waals surface area contributed by atoms with Gasteiger partial charge in [-0.1, -0.05) is 12.1 Å². The Labute approximate surface area is 106 Å². The summed E-state index contributed by atoms with van der Waals surface area (Å²) in [7, 11) is 3.47. The fourth-order valence-electron chi connectivity index (χ4n) is 2.12. The number of benzene rings is 1. The molecule has 98 valence electrons. The standard InChI is InChI=1S/C13H17NO4/c1-14(7-13(12(15)16)8-18-9-13)10-5-3-4-6-11(10)17-2/h3-6H,7-9H2,1-2H3,(H,15,16). The third kappa shape index (κ3) is 2.13. The van der Waals surface area contributed by atoms with E-state index in [0.717, 1.165) is 11.4 Å². The number of rotatable bonds is 5. The normalized spacial score (nSPS) is 16.8. The number of para-hydroxylation sites is 2. The molecule has 1 aliphatic heterocycles. The minimum atomic E-state index is -0.810. The van der Waals surface area contributed by atoms with Crippen LogP contribution in [0.4, 0.5) is 5.69 Å². The maximum Gasteiger partial charge on any atom is 0.316 e. The van der Waals surface area contributed by atoms with Gasteiger partial charge in [0, 0.05) is 13.6 Å². The lowest BCUT2D eigenvalue weighted by Gasteiger charge is -2.40. The van der Waals surface area contributed by atoms with Crippen LogP contribution in [-0.2, 0) is 9.53 Å². The van der Waals surface area contributed by atoms with Gasteiger partial charge >= 0.3 is 5.97 Å². The van der Waals surface area contributed by atoms with Crippen LogP contribution in [0.3, 0.4) is 0 Å². The van der Waals surface area contributed by atoms with Gasteiger partial charge in [0.25, 0.3) is 0 Å². The lowest BCUT2D eigenvalue weighted by molar-refractivity contribution is -0.177. The van der Waals surface area contributed by atoms with Crippen molar-refractivity contribution >= 4 is 11.7 Å². The van der Waals surface area contributed by atoms with Gasteiger partial charge in [0.2, 0.25) is 0 Å². The van der Waals surface area contributed by atoms with Crippen LogP contribution in [0.15, 0.2) is 24.3 Å². The SMILES string of the molecule is COc1ccccc1N(C)CC1(C(=O)O)COC1. The zero-order valence-corrected chi connectivity index (χ0v) is 10.5. The number of hydrogen-bond donors (Lipinski definition) is 1. The predicted molar refractivity (Wildman–Crippen MR) is 67.2 cm³/mol. The monoisotopic (exact) mass is 251 g/mol. The Morgan fingerprint density at radius 3 is 2.67 bits per heavy atom. The second kappa shape index (κ2) is 4.86. The molecule has 1 fully saturated rings. The van der Waals surface area contributed by atoms with Gasteiger partial charge in [-0.2, -0.15) is 0 Å². The van der Waals surface area contributed by atoms with Gasteiger partial charge in [-0.25, -0.2) is 0 Å². The quantitative estimate of drug-likeness (QED) is 0.853. The first-order valence-electron chi connectivity index (χ1n) is 5.74. The highest BCUT2D eigenvalue weighted by molar-refractivity contribution is 5.77. The number of methoxy groups -OCH3 is 1. The molecule has 2 rings (SSSR count). The smallest absolute Gasteiger partial charge is 0.316 e. The summed E-state index contributed by atoms with van der Waals surface area (Å²) in [6, 6.07) is 7.55. The number of ether oxygens (including phenoxy) is 2. The van der Waals surface area contributed by atoms with Crippen molar-refractivity contribution in [2.45, 2.75) is 0 Å². The molecule has 0 atom stereocenters. The lowest BCUT2D eigenvalue weighted by atomic mass is 9.85. The Bertz CT molecular complexity index is 442. The molecule has 5 heteroatoms. The van der Waals surface area contributed by atoms with Crippen LogP contribution < -0.4 is 9.64 Å². The first kappa shape index (κ1) is 12.7. The number of carboxylic acids is 1. The van der Waals surface area contributed by atoms with Crippen molar-refractivity contribution in [3.63, 3.8) is 0 Å². The number of carboxylic acid groups (broad SMARTS) is 1. The second-order valence-corrected chi connectivity index (χ2v) is 4.61. The van der Waals surface area contributed by atoms with Crippen molar-refractivity contribution in [1.82, 2.24) is 0 Å². The van der Waals surface area contributed by atoms with E-state index in [0.29, 0.717) is 6.54 Å². The first-order chi connectivity index (χ1) is 8.59. The highest BCUT2D eigenvalue weighted by Crippen LogP contribution is 2.33. The van der Waals surface area contributed by atoms with Crippen molar-refractivity contribution in [2.75, 3.05) is 38.8 Å². The summed E-state index contributed by atoms with van der Waals surface area (Å²) in [5.74, 6) is -0.0729. The minimum Gasteiger partial charge on any atom is -0.495 e. The van der Waals surface area contributed by atoms with E-state index in [9.17, 15) is 9.90 Å². The van der Waals surface area contributed by atoms with Crippen molar-refractivity contribution < 1.29 is 19.4 Å². The molecule has 0 aromatic heterocycles. The van der Waals surface area contributed by atoms with Gasteiger partial charge in [0.1, 0.15) is 11.2 Å². The van der Waals surface area contributed by atoms with Crippen LogP contribution in [0.25, 0.3) is 0 Å². The Morgan fingerprint density at radius 1 is 1.50 bits per heavy atom. The van der Waals surface area contributed by atoms with Crippen LogP contribution in [-0.4, -0.2) is 45.0 Å². The largest absolute Gasteiger partial charge is 0.495 e. The number of anilines is 1. The number of nitrogens with zero attached hydrogens (tertiary/aromatic N) is 1. The number of aliphatic carboxylic acids is 1. The molecular weight excluding hydrogens is 234 g/mol. The molecule has 1 heterocycles. The average molecular weight is 251 g/mol. The van der Waals surface area contributed by atoms with Gasteiger partial charge in [0.15, 0.2) is 0 Å². The predicted octanol–water partition coefficient (Wildman–Crippen LogP) is 1.23. The van der Waals surface area contributed by atoms with Crippen molar-refractivity contribution in [2.24, 2.45) is 5.41 Å². The van der Waals surface area contributed by atoms with Crippen LogP contribution in [0.1, 0.15) is 0 Å². The molecule has 1 saturated heterocycles. The fourth-order valence-corrected chi connectivity index (χ4v) is 2.12. The van der Waals surface area contributed by atoms with Gasteiger partial charge < -0.3 is 19.5 Å². The Hall–Kier alpha value is -1.75. The molecule has 0 saturated carbocycles. The topological polar surface area (TPSA) is 59.0 Å². The average Bonchev–Trinajstić information content (AvgIpc) is 2.33. The summed E-state index contributed by atoms with van der Waals surface area (Å²) >= 11 is 0. The summed E-state index contributed by atoms with van der Waals surface area (Å²) in [5.41, 5.74) is 0.0859. The van der Waals surface area contributed by atoms with Gasteiger partial charge in [0.05, 0.1) is 26.0 Å². The van der Waals surface area contributed by atoms with Crippen LogP contribution in [0, 0.1) is 5.41 Å². The molecule has 5 nitrogen and oxygen atoms in total. The fraction of sp³-hybridized carbons (Fsp3) is 0.462. The molecular formula is C13H17NO4. The van der Waals surface area contributed by atoms with Crippen LogP contribution in [0.5, 0.6) is 5.75 Å². The van der Waals surface area contributed by atoms with Crippen molar-refractivity contribution in [3.8, 4) is 5.75 Å². The highest BCUT2D eigenvalue weighted by Gasteiger charge is 2.47. The second-order valence-electron chi connectivity index (χ2n) is 4.61. The molecule has 0 unspecified atom stereocenters. The van der Waals surface area contributed by atoms with E-state index in [4.69, 9.17) is 9.47 Å². The summed E-state index contributed by atoms with van der Waals surface area (Å²) in [6.07, 6.45) is 0. The Morgan fingerprint density at radius 2 is 2.17 bits per heavy atom. The lowest BCUT2D eigenvalue weighted by Crippen LogP contribution is -2.55. The summed E-state index contributed by atoms with van der Waals surface area (Å²) < 4.78 is 10.3. The third-order valence-electron chi connectivity index (χ3n) is 3.25. The molecule has 0 aliphatic carbocycles. The van der Waals surface area contributed by atoms with E-state index < -0.39 is 11.4 Å². The van der Waals surface area contributed by atoms with Gasteiger partial charge in [-0.05, 0) is 12.1 Å². The Kier molecular flexibility index (Phi) is 3.43. The maximum absolute atomic E-state index is 11.3. The molecule has 18 heavy (non-hydrogen) atoms. The number of carbonyl (C=O) groups is 1. The molecule has 1 aromatic carbocycles. The Balaban J connectivity index is 2.16. The summed E-state index contributed by atoms with van der Waals surface area (Å²) in [6.45, 7) is 0.937. The van der Waals surface area contributed by atoms with Gasteiger partial charge in [-0.3, -0.25) is 4.79 Å². The third-order valence-corrected chi connectivity index (χ3v) is 3.25. The molecule has 1 N–H and O–H groups in total. The van der Waals surface area contributed by atoms with E-state index in [-0.39, 0.29) is 13.2 Å². The number of hydrogen-bond acceptors (Lipinski definition) is 4. The zero-order chi connectivity index (χ0) is 13.2. The molecule has 0 amide bonds.